The highest BCUT2D eigenvalue weighted by Gasteiger charge is 2.19. The number of halogens is 3. The molecule has 1 aliphatic heterocycles. The van der Waals surface area contributed by atoms with Crippen molar-refractivity contribution in [3.63, 3.8) is 0 Å². The second-order valence-electron chi connectivity index (χ2n) is 8.35. The Labute approximate surface area is 213 Å². The highest BCUT2D eigenvalue weighted by Crippen LogP contribution is 2.30. The molecule has 1 aromatic heterocycles. The first-order chi connectivity index (χ1) is 17.4. The smallest absolute Gasteiger partial charge is 0.253 e. The summed E-state index contributed by atoms with van der Waals surface area (Å²) in [6.45, 7) is 3.54. The van der Waals surface area contributed by atoms with Crippen molar-refractivity contribution in [3.05, 3.63) is 69.9 Å². The molecule has 36 heavy (non-hydrogen) atoms. The van der Waals surface area contributed by atoms with Crippen LogP contribution < -0.4 is 16.0 Å². The van der Waals surface area contributed by atoms with Gasteiger partial charge in [-0.2, -0.15) is 4.98 Å². The fourth-order valence-electron chi connectivity index (χ4n) is 4.07. The molecular formula is C25H27ClF2N6O2. The van der Waals surface area contributed by atoms with Gasteiger partial charge in [-0.1, -0.05) is 17.7 Å². The van der Waals surface area contributed by atoms with Crippen LogP contribution in [-0.4, -0.2) is 61.2 Å². The van der Waals surface area contributed by atoms with E-state index >= 15 is 0 Å². The van der Waals surface area contributed by atoms with Gasteiger partial charge in [0.1, 0.15) is 16.7 Å². The fourth-order valence-corrected chi connectivity index (χ4v) is 4.21. The van der Waals surface area contributed by atoms with Crippen LogP contribution in [0.25, 0.3) is 0 Å². The van der Waals surface area contributed by atoms with E-state index < -0.39 is 17.5 Å². The molecule has 0 atom stereocenters. The van der Waals surface area contributed by atoms with E-state index in [4.69, 9.17) is 16.3 Å². The minimum absolute atomic E-state index is 0.0633. The average Bonchev–Trinajstić information content (AvgIpc) is 3.07. The summed E-state index contributed by atoms with van der Waals surface area (Å²) in [4.78, 5) is 23.1. The molecule has 11 heteroatoms. The second-order valence-corrected chi connectivity index (χ2v) is 8.75. The van der Waals surface area contributed by atoms with Crippen molar-refractivity contribution >= 4 is 40.6 Å². The standard InChI is InChI=1S/C25H27ClF2N6O2/c1-29-24(35)19-12-17(27)13-21(28)22(19)32-23-20(26)14-30-25(33-23)31-18-4-3-15-5-7-34(9-10-36-2)8-6-16(15)11-18/h3-4,11-14H,5-10H2,1-2H3,(H,29,35)(H2,30,31,32,33). The number of nitrogens with zero attached hydrogens (tertiary/aromatic N) is 3. The van der Waals surface area contributed by atoms with Gasteiger partial charge in [-0.15, -0.1) is 0 Å². The third kappa shape index (κ3) is 6.07. The van der Waals surface area contributed by atoms with E-state index in [0.29, 0.717) is 12.7 Å². The summed E-state index contributed by atoms with van der Waals surface area (Å²) in [5, 5.41) is 8.34. The Hall–Kier alpha value is -3.34. The van der Waals surface area contributed by atoms with Crippen molar-refractivity contribution in [1.29, 1.82) is 0 Å². The number of carbonyl (C=O) groups excluding carboxylic acids is 1. The molecule has 0 fully saturated rings. The van der Waals surface area contributed by atoms with E-state index in [1.807, 2.05) is 6.07 Å². The topological polar surface area (TPSA) is 91.4 Å². The molecule has 2 aromatic carbocycles. The van der Waals surface area contributed by atoms with Crippen LogP contribution >= 0.6 is 11.6 Å². The van der Waals surface area contributed by atoms with Crippen LogP contribution in [0.2, 0.25) is 5.02 Å². The van der Waals surface area contributed by atoms with E-state index in [1.165, 1.54) is 24.4 Å². The predicted molar refractivity (Wildman–Crippen MR) is 136 cm³/mol. The van der Waals surface area contributed by atoms with E-state index in [1.54, 1.807) is 7.11 Å². The lowest BCUT2D eigenvalue weighted by atomic mass is 10.0. The number of aromatic nitrogens is 2. The molecule has 1 amide bonds. The number of fused-ring (bicyclic) bond motifs is 1. The zero-order chi connectivity index (χ0) is 25.7. The summed E-state index contributed by atoms with van der Waals surface area (Å²) in [5.41, 5.74) is 2.88. The number of methoxy groups -OCH3 is 1. The number of benzene rings is 2. The van der Waals surface area contributed by atoms with Crippen LogP contribution in [0.1, 0.15) is 21.5 Å². The normalized spacial score (nSPS) is 13.6. The lowest BCUT2D eigenvalue weighted by Gasteiger charge is -2.18. The van der Waals surface area contributed by atoms with Gasteiger partial charge in [0.15, 0.2) is 5.82 Å². The Morgan fingerprint density at radius 2 is 1.92 bits per heavy atom. The number of nitrogens with one attached hydrogen (secondary N) is 3. The third-order valence-electron chi connectivity index (χ3n) is 5.98. The first-order valence-electron chi connectivity index (χ1n) is 11.5. The van der Waals surface area contributed by atoms with E-state index in [2.05, 4.69) is 43.0 Å². The van der Waals surface area contributed by atoms with Gasteiger partial charge < -0.3 is 25.6 Å². The van der Waals surface area contributed by atoms with Crippen molar-refractivity contribution < 1.29 is 18.3 Å². The number of hydrogen-bond donors (Lipinski definition) is 3. The molecule has 0 radical (unpaired) electrons. The number of ether oxygens (including phenoxy) is 1. The minimum atomic E-state index is -0.955. The van der Waals surface area contributed by atoms with E-state index in [9.17, 15) is 13.6 Å². The molecule has 0 unspecified atom stereocenters. The number of carbonyl (C=O) groups is 1. The molecule has 3 N–H and O–H groups in total. The Morgan fingerprint density at radius 3 is 2.67 bits per heavy atom. The summed E-state index contributed by atoms with van der Waals surface area (Å²) >= 11 is 6.24. The van der Waals surface area contributed by atoms with Gasteiger partial charge in [-0.25, -0.2) is 13.8 Å². The maximum atomic E-state index is 14.6. The Bertz CT molecular complexity index is 1260. The number of anilines is 4. The average molecular weight is 517 g/mol. The highest BCUT2D eigenvalue weighted by molar-refractivity contribution is 6.33. The van der Waals surface area contributed by atoms with Gasteiger partial charge in [0.2, 0.25) is 5.95 Å². The Morgan fingerprint density at radius 1 is 1.14 bits per heavy atom. The molecule has 190 valence electrons. The van der Waals surface area contributed by atoms with Gasteiger partial charge in [-0.05, 0) is 42.2 Å². The largest absolute Gasteiger partial charge is 0.383 e. The van der Waals surface area contributed by atoms with Crippen molar-refractivity contribution in [2.75, 3.05) is 51.0 Å². The molecule has 1 aliphatic rings. The number of hydrogen-bond acceptors (Lipinski definition) is 7. The van der Waals surface area contributed by atoms with Gasteiger partial charge in [-0.3, -0.25) is 4.79 Å². The molecular weight excluding hydrogens is 490 g/mol. The van der Waals surface area contributed by atoms with Gasteiger partial charge in [0.05, 0.1) is 24.1 Å². The third-order valence-corrected chi connectivity index (χ3v) is 6.26. The summed E-state index contributed by atoms with van der Waals surface area (Å²) in [6.07, 6.45) is 3.23. The van der Waals surface area contributed by atoms with Crippen LogP contribution in [0.3, 0.4) is 0 Å². The van der Waals surface area contributed by atoms with Crippen LogP contribution in [0, 0.1) is 11.6 Å². The molecule has 0 spiro atoms. The van der Waals surface area contributed by atoms with Crippen molar-refractivity contribution in [2.45, 2.75) is 12.8 Å². The minimum Gasteiger partial charge on any atom is -0.383 e. The number of rotatable bonds is 8. The van der Waals surface area contributed by atoms with Crippen molar-refractivity contribution in [3.8, 4) is 0 Å². The lowest BCUT2D eigenvalue weighted by Crippen LogP contribution is -2.29. The van der Waals surface area contributed by atoms with Gasteiger partial charge in [0.25, 0.3) is 5.91 Å². The summed E-state index contributed by atoms with van der Waals surface area (Å²) < 4.78 is 33.5. The highest BCUT2D eigenvalue weighted by atomic mass is 35.5. The molecule has 0 saturated heterocycles. The van der Waals surface area contributed by atoms with E-state index in [-0.39, 0.29) is 28.0 Å². The molecule has 0 saturated carbocycles. The first-order valence-corrected chi connectivity index (χ1v) is 11.9. The van der Waals surface area contributed by atoms with Crippen LogP contribution in [0.15, 0.2) is 36.5 Å². The molecule has 8 nitrogen and oxygen atoms in total. The fraction of sp³-hybridized carbons (Fsp3) is 0.320. The quantitative estimate of drug-likeness (QED) is 0.411. The van der Waals surface area contributed by atoms with Crippen molar-refractivity contribution in [2.24, 2.45) is 0 Å². The van der Waals surface area contributed by atoms with Crippen LogP contribution in [-0.2, 0) is 17.6 Å². The molecule has 0 bridgehead atoms. The van der Waals surface area contributed by atoms with Gasteiger partial charge in [0, 0.05) is 45.5 Å². The maximum Gasteiger partial charge on any atom is 0.253 e. The monoisotopic (exact) mass is 516 g/mol. The summed E-state index contributed by atoms with van der Waals surface area (Å²) in [5.74, 6) is -2.21. The lowest BCUT2D eigenvalue weighted by molar-refractivity contribution is 0.0963. The zero-order valence-corrected chi connectivity index (χ0v) is 20.8. The molecule has 3 aromatic rings. The Kier molecular flexibility index (Phi) is 8.29. The van der Waals surface area contributed by atoms with Crippen LogP contribution in [0.5, 0.6) is 0 Å². The molecule has 4 rings (SSSR count). The zero-order valence-electron chi connectivity index (χ0n) is 20.0. The first kappa shape index (κ1) is 25.7. The molecule has 2 heterocycles. The maximum absolute atomic E-state index is 14.6. The van der Waals surface area contributed by atoms with Crippen molar-refractivity contribution in [1.82, 2.24) is 20.2 Å². The second kappa shape index (κ2) is 11.6. The predicted octanol–water partition coefficient (Wildman–Crippen LogP) is 4.30. The molecule has 0 aliphatic carbocycles. The van der Waals surface area contributed by atoms with E-state index in [0.717, 1.165) is 44.2 Å². The van der Waals surface area contributed by atoms with Crippen LogP contribution in [0.4, 0.5) is 31.9 Å². The van der Waals surface area contributed by atoms with Gasteiger partial charge >= 0.3 is 0 Å². The summed E-state index contributed by atoms with van der Waals surface area (Å²) in [6, 6.07) is 7.73. The SMILES string of the molecule is CNC(=O)c1cc(F)cc(F)c1Nc1nc(Nc2ccc3c(c2)CCN(CCOC)CC3)ncc1Cl. The summed E-state index contributed by atoms with van der Waals surface area (Å²) in [7, 11) is 3.08. The Balaban J connectivity index is 1.54. The number of amides is 1.